The van der Waals surface area contributed by atoms with Crippen LogP contribution in [0.2, 0.25) is 0 Å². The summed E-state index contributed by atoms with van der Waals surface area (Å²) in [5.74, 6) is -0.357. The highest BCUT2D eigenvalue weighted by Gasteiger charge is 2.28. The summed E-state index contributed by atoms with van der Waals surface area (Å²) in [5.41, 5.74) is 1.44. The number of carboxylic acid groups (broad SMARTS) is 1. The Morgan fingerprint density at radius 3 is 2.28 bits per heavy atom. The van der Waals surface area contributed by atoms with E-state index in [1.165, 1.54) is 22.2 Å². The minimum Gasteiger partial charge on any atom is -0.478 e. The molecule has 3 rings (SSSR count). The average molecular weight is 463 g/mol. The molecule has 2 aromatic heterocycles. The number of hydrogen-bond acceptors (Lipinski definition) is 8. The Kier molecular flexibility index (Phi) is 14.6. The van der Waals surface area contributed by atoms with Crippen molar-refractivity contribution >= 4 is 43.2 Å². The molecule has 2 atom stereocenters. The van der Waals surface area contributed by atoms with Crippen LogP contribution in [-0.2, 0) is 26.0 Å². The summed E-state index contributed by atoms with van der Waals surface area (Å²) < 4.78 is 4.04. The molecule has 162 valence electrons. The van der Waals surface area contributed by atoms with E-state index in [-0.39, 0.29) is 20.3 Å². The van der Waals surface area contributed by atoms with Gasteiger partial charge in [-0.2, -0.15) is 4.67 Å². The predicted octanol–water partition coefficient (Wildman–Crippen LogP) is 5.70. The number of aryl methyl sites for hydroxylation is 2. The van der Waals surface area contributed by atoms with Gasteiger partial charge in [0.15, 0.2) is 5.78 Å². The van der Waals surface area contributed by atoms with E-state index in [1.54, 1.807) is 29.3 Å². The van der Waals surface area contributed by atoms with Gasteiger partial charge in [-0.1, -0.05) is 19.6 Å². The van der Waals surface area contributed by atoms with Gasteiger partial charge < -0.3 is 5.11 Å². The molecule has 0 fully saturated rings. The number of fused-ring (bicyclic) bond motifs is 1. The van der Waals surface area contributed by atoms with Crippen LogP contribution in [-0.4, -0.2) is 28.8 Å². The Bertz CT molecular complexity index is 741. The van der Waals surface area contributed by atoms with Crippen LogP contribution in [0.3, 0.4) is 0 Å². The monoisotopic (exact) mass is 462 g/mol. The standard InChI is InChI=1S/C9H10OS.C5H6S.C4H6O2.CH5O4P/c1-5-3-7-4-6(2)11-9(7)8(5)10;1-5-3-2-4-6-5;1-3(2)4(5)6;1-6-5-4-3-2/h4-5H,3H2,1-2H3;2-4H,1H3;1H2,2H3,(H,5,6);2,6H,1H3. The molecule has 0 bridgehead atoms. The third-order valence-electron chi connectivity index (χ3n) is 3.31. The number of ketones is 1. The zero-order valence-corrected chi connectivity index (χ0v) is 19.7. The Morgan fingerprint density at radius 2 is 1.97 bits per heavy atom. The number of thiophene rings is 2. The van der Waals surface area contributed by atoms with Crippen molar-refractivity contribution in [2.24, 2.45) is 5.92 Å². The molecule has 0 saturated heterocycles. The fraction of sp³-hybridized carbons (Fsp3) is 0.368. The first kappa shape index (κ1) is 27.5. The lowest BCUT2D eigenvalue weighted by Gasteiger charge is -1.95. The van der Waals surface area contributed by atoms with E-state index in [0.29, 0.717) is 5.78 Å². The van der Waals surface area contributed by atoms with E-state index >= 15 is 0 Å². The average Bonchev–Trinajstić information content (AvgIpc) is 3.34. The number of carbonyl (C=O) groups is 2. The molecule has 2 unspecified atom stereocenters. The normalized spacial score (nSPS) is 14.1. The highest BCUT2D eigenvalue weighted by atomic mass is 32.1. The first-order chi connectivity index (χ1) is 13.6. The van der Waals surface area contributed by atoms with E-state index in [1.807, 2.05) is 6.92 Å². The Morgan fingerprint density at radius 1 is 1.34 bits per heavy atom. The highest BCUT2D eigenvalue weighted by molar-refractivity contribution is 7.31. The maximum absolute atomic E-state index is 11.4. The molecule has 2 aromatic rings. The van der Waals surface area contributed by atoms with Crippen molar-refractivity contribution in [3.05, 3.63) is 55.9 Å². The lowest BCUT2D eigenvalue weighted by atomic mass is 10.1. The van der Waals surface area contributed by atoms with Crippen LogP contribution in [0.4, 0.5) is 0 Å². The van der Waals surface area contributed by atoms with Gasteiger partial charge in [0, 0.05) is 21.2 Å². The van der Waals surface area contributed by atoms with E-state index in [0.717, 1.165) is 11.3 Å². The molecule has 0 aromatic carbocycles. The second-order valence-electron chi connectivity index (χ2n) is 5.92. The van der Waals surface area contributed by atoms with Crippen LogP contribution in [0, 0.1) is 19.8 Å². The van der Waals surface area contributed by atoms with E-state index in [4.69, 9.17) is 10.4 Å². The van der Waals surface area contributed by atoms with Gasteiger partial charge in [0.25, 0.3) is 0 Å². The molecule has 7 nitrogen and oxygen atoms in total. The summed E-state index contributed by atoms with van der Waals surface area (Å²) in [4.78, 5) is 24.7. The van der Waals surface area contributed by atoms with Crippen molar-refractivity contribution in [2.45, 2.75) is 34.1 Å². The zero-order valence-electron chi connectivity index (χ0n) is 17.1. The molecular formula is C19H27O7PS2. The first-order valence-electron chi connectivity index (χ1n) is 8.46. The summed E-state index contributed by atoms with van der Waals surface area (Å²) in [6.45, 7) is 12.5. The molecule has 1 aliphatic rings. The largest absolute Gasteiger partial charge is 0.478 e. The first-order valence-corrected chi connectivity index (χ1v) is 11.6. The van der Waals surface area contributed by atoms with Gasteiger partial charge in [0.2, 0.25) is 0 Å². The molecule has 1 aliphatic carbocycles. The molecule has 29 heavy (non-hydrogen) atoms. The topological polar surface area (TPSA) is 102 Å². The summed E-state index contributed by atoms with van der Waals surface area (Å²) in [6.07, 6.45) is 0.957. The van der Waals surface area contributed by atoms with Crippen molar-refractivity contribution < 1.29 is 34.7 Å². The predicted molar refractivity (Wildman–Crippen MR) is 118 cm³/mol. The third-order valence-corrected chi connectivity index (χ3v) is 5.45. The van der Waals surface area contributed by atoms with E-state index in [2.05, 4.69) is 58.8 Å². The van der Waals surface area contributed by atoms with Crippen LogP contribution < -0.4 is 0 Å². The van der Waals surface area contributed by atoms with Crippen molar-refractivity contribution in [1.29, 1.82) is 0 Å². The SMILES string of the molecule is C=C(C)C(=O)O.CPOOOO.Cc1cc2c(s1)C(=O)C(C)C2.Cc1cccs1. The summed E-state index contributed by atoms with van der Waals surface area (Å²) in [6, 6.07) is 6.30. The molecule has 0 spiro atoms. The quantitative estimate of drug-likeness (QED) is 0.198. The van der Waals surface area contributed by atoms with Gasteiger partial charge in [-0.15, -0.1) is 22.7 Å². The fourth-order valence-electron chi connectivity index (χ4n) is 1.98. The van der Waals surface area contributed by atoms with Gasteiger partial charge in [0.05, 0.1) is 13.7 Å². The van der Waals surface area contributed by atoms with Crippen LogP contribution in [0.15, 0.2) is 35.7 Å². The summed E-state index contributed by atoms with van der Waals surface area (Å²) >= 11 is 3.42. The Balaban J connectivity index is 0.000000381. The second-order valence-corrected chi connectivity index (χ2v) is 8.90. The molecular weight excluding hydrogens is 435 g/mol. The number of rotatable bonds is 4. The fourth-order valence-corrected chi connectivity index (χ4v) is 3.71. The van der Waals surface area contributed by atoms with Gasteiger partial charge in [-0.25, -0.2) is 10.1 Å². The van der Waals surface area contributed by atoms with Crippen molar-refractivity contribution in [1.82, 2.24) is 0 Å². The molecule has 0 saturated carbocycles. The molecule has 0 radical (unpaired) electrons. The molecule has 10 heteroatoms. The number of carbonyl (C=O) groups excluding carboxylic acids is 1. The third kappa shape index (κ3) is 12.0. The van der Waals surface area contributed by atoms with Crippen LogP contribution in [0.5, 0.6) is 0 Å². The van der Waals surface area contributed by atoms with Gasteiger partial charge in [-0.3, -0.25) is 4.79 Å². The maximum atomic E-state index is 11.4. The van der Waals surface area contributed by atoms with Crippen LogP contribution in [0.1, 0.15) is 38.8 Å². The second kappa shape index (κ2) is 15.4. The van der Waals surface area contributed by atoms with Gasteiger partial charge in [0.1, 0.15) is 0 Å². The van der Waals surface area contributed by atoms with Gasteiger partial charge in [-0.05, 0) is 67.0 Å². The van der Waals surface area contributed by atoms with Crippen LogP contribution >= 0.6 is 31.5 Å². The van der Waals surface area contributed by atoms with Crippen molar-refractivity contribution in [2.75, 3.05) is 6.66 Å². The number of Topliss-reactive ketones (excluding diaryl/α,β-unsaturated/α-hetero) is 1. The van der Waals surface area contributed by atoms with Crippen LogP contribution in [0.25, 0.3) is 0 Å². The maximum Gasteiger partial charge on any atom is 0.330 e. The summed E-state index contributed by atoms with van der Waals surface area (Å²) in [5, 5.41) is 23.9. The number of aliphatic carboxylic acids is 1. The van der Waals surface area contributed by atoms with Gasteiger partial charge >= 0.3 is 5.97 Å². The lowest BCUT2D eigenvalue weighted by Crippen LogP contribution is -2.02. The molecule has 0 amide bonds. The zero-order chi connectivity index (χ0) is 22.4. The minimum absolute atomic E-state index is 0.157. The van der Waals surface area contributed by atoms with E-state index in [9.17, 15) is 9.59 Å². The highest BCUT2D eigenvalue weighted by Crippen LogP contribution is 2.32. The minimum atomic E-state index is -0.935. The van der Waals surface area contributed by atoms with Crippen molar-refractivity contribution in [3.8, 4) is 0 Å². The number of carboxylic acids is 1. The molecule has 2 N–H and O–H groups in total. The number of hydrogen-bond donors (Lipinski definition) is 2. The Labute approximate surface area is 180 Å². The lowest BCUT2D eigenvalue weighted by molar-refractivity contribution is -0.592. The summed E-state index contributed by atoms with van der Waals surface area (Å²) in [7, 11) is 0.157. The smallest absolute Gasteiger partial charge is 0.330 e. The molecule has 2 heterocycles. The Hall–Kier alpha value is -1.45. The van der Waals surface area contributed by atoms with Crippen molar-refractivity contribution in [3.63, 3.8) is 0 Å². The molecule has 0 aliphatic heterocycles. The van der Waals surface area contributed by atoms with E-state index < -0.39 is 5.97 Å².